The first-order valence-electron chi connectivity index (χ1n) is 6.26. The molecule has 0 aromatic carbocycles. The molecule has 4 heteroatoms. The highest BCUT2D eigenvalue weighted by Crippen LogP contribution is 2.29. The Labute approximate surface area is 97.0 Å². The third kappa shape index (κ3) is 3.76. The zero-order valence-electron chi connectivity index (χ0n) is 9.98. The van der Waals surface area contributed by atoms with Crippen LogP contribution in [0, 0.1) is 11.8 Å². The summed E-state index contributed by atoms with van der Waals surface area (Å²) in [5, 5.41) is 21.3. The monoisotopic (exact) mass is 229 g/mol. The van der Waals surface area contributed by atoms with Crippen LogP contribution in [0.1, 0.15) is 39.0 Å². The van der Waals surface area contributed by atoms with Crippen molar-refractivity contribution < 1.29 is 15.0 Å². The summed E-state index contributed by atoms with van der Waals surface area (Å²) in [6.07, 6.45) is 5.18. The van der Waals surface area contributed by atoms with Gasteiger partial charge in [-0.05, 0) is 37.6 Å². The van der Waals surface area contributed by atoms with Crippen LogP contribution < -0.4 is 5.32 Å². The molecule has 0 bridgehead atoms. The summed E-state index contributed by atoms with van der Waals surface area (Å²) in [5.41, 5.74) is 0. The summed E-state index contributed by atoms with van der Waals surface area (Å²) >= 11 is 0. The van der Waals surface area contributed by atoms with E-state index in [2.05, 4.69) is 5.32 Å². The second-order valence-corrected chi connectivity index (χ2v) is 4.69. The quantitative estimate of drug-likeness (QED) is 0.641. The van der Waals surface area contributed by atoms with E-state index in [1.54, 1.807) is 0 Å². The summed E-state index contributed by atoms with van der Waals surface area (Å²) in [7, 11) is 0. The number of aliphatic carboxylic acids is 1. The van der Waals surface area contributed by atoms with Crippen LogP contribution in [0.4, 0.5) is 0 Å². The number of hydrogen-bond donors (Lipinski definition) is 3. The summed E-state index contributed by atoms with van der Waals surface area (Å²) in [6.45, 7) is 2.82. The number of carbonyl (C=O) groups is 1. The maximum Gasteiger partial charge on any atom is 0.320 e. The smallest absolute Gasteiger partial charge is 0.320 e. The van der Waals surface area contributed by atoms with Gasteiger partial charge in [0.15, 0.2) is 0 Å². The third-order valence-electron chi connectivity index (χ3n) is 3.63. The van der Waals surface area contributed by atoms with Crippen molar-refractivity contribution in [3.8, 4) is 0 Å². The van der Waals surface area contributed by atoms with E-state index in [1.165, 1.54) is 12.8 Å². The van der Waals surface area contributed by atoms with Crippen molar-refractivity contribution in [1.82, 2.24) is 5.32 Å². The van der Waals surface area contributed by atoms with Crippen LogP contribution in [0.2, 0.25) is 0 Å². The molecule has 1 saturated carbocycles. The van der Waals surface area contributed by atoms with E-state index in [4.69, 9.17) is 5.11 Å². The van der Waals surface area contributed by atoms with Crippen molar-refractivity contribution in [3.63, 3.8) is 0 Å². The Morgan fingerprint density at radius 3 is 2.50 bits per heavy atom. The maximum atomic E-state index is 10.8. The van der Waals surface area contributed by atoms with E-state index < -0.39 is 12.0 Å². The molecule has 3 N–H and O–H groups in total. The SMILES string of the molecule is CCC(NCC1CCCCC1CO)C(=O)O. The second-order valence-electron chi connectivity index (χ2n) is 4.69. The number of aliphatic hydroxyl groups excluding tert-OH is 1. The lowest BCUT2D eigenvalue weighted by Gasteiger charge is -2.31. The van der Waals surface area contributed by atoms with Crippen LogP contribution in [0.25, 0.3) is 0 Å². The first kappa shape index (κ1) is 13.5. The van der Waals surface area contributed by atoms with Crippen LogP contribution in [0.15, 0.2) is 0 Å². The van der Waals surface area contributed by atoms with Crippen molar-refractivity contribution in [2.24, 2.45) is 11.8 Å². The Kier molecular flexibility index (Phi) is 5.77. The van der Waals surface area contributed by atoms with Gasteiger partial charge in [-0.25, -0.2) is 0 Å². The molecule has 0 aliphatic heterocycles. The molecule has 0 spiro atoms. The highest BCUT2D eigenvalue weighted by atomic mass is 16.4. The molecule has 0 amide bonds. The minimum absolute atomic E-state index is 0.232. The summed E-state index contributed by atoms with van der Waals surface area (Å²) < 4.78 is 0. The van der Waals surface area contributed by atoms with Gasteiger partial charge in [-0.15, -0.1) is 0 Å². The van der Waals surface area contributed by atoms with Crippen LogP contribution in [-0.4, -0.2) is 35.4 Å². The van der Waals surface area contributed by atoms with Gasteiger partial charge in [0.2, 0.25) is 0 Å². The molecular formula is C12H23NO3. The molecule has 0 radical (unpaired) electrons. The Balaban J connectivity index is 2.36. The largest absolute Gasteiger partial charge is 0.480 e. The Hall–Kier alpha value is -0.610. The van der Waals surface area contributed by atoms with Crippen LogP contribution >= 0.6 is 0 Å². The van der Waals surface area contributed by atoms with E-state index in [-0.39, 0.29) is 6.61 Å². The molecule has 1 aliphatic rings. The van der Waals surface area contributed by atoms with Gasteiger partial charge >= 0.3 is 5.97 Å². The topological polar surface area (TPSA) is 69.6 Å². The van der Waals surface area contributed by atoms with Gasteiger partial charge in [0.05, 0.1) is 0 Å². The van der Waals surface area contributed by atoms with Gasteiger partial charge in [-0.1, -0.05) is 19.8 Å². The van der Waals surface area contributed by atoms with Crippen molar-refractivity contribution in [3.05, 3.63) is 0 Å². The molecule has 0 heterocycles. The van der Waals surface area contributed by atoms with E-state index in [0.717, 1.165) is 19.4 Å². The van der Waals surface area contributed by atoms with Crippen molar-refractivity contribution >= 4 is 5.97 Å². The van der Waals surface area contributed by atoms with Crippen LogP contribution in [0.3, 0.4) is 0 Å². The van der Waals surface area contributed by atoms with Gasteiger partial charge in [-0.3, -0.25) is 4.79 Å². The molecule has 3 unspecified atom stereocenters. The molecule has 1 rings (SSSR count). The zero-order valence-corrected chi connectivity index (χ0v) is 9.98. The number of aliphatic hydroxyl groups is 1. The molecule has 1 aliphatic carbocycles. The van der Waals surface area contributed by atoms with Crippen molar-refractivity contribution in [1.29, 1.82) is 0 Å². The Bertz CT molecular complexity index is 220. The van der Waals surface area contributed by atoms with Gasteiger partial charge in [0.25, 0.3) is 0 Å². The molecule has 0 aromatic rings. The molecular weight excluding hydrogens is 206 g/mol. The fourth-order valence-electron chi connectivity index (χ4n) is 2.49. The van der Waals surface area contributed by atoms with E-state index in [9.17, 15) is 9.90 Å². The molecule has 94 valence electrons. The predicted molar refractivity (Wildman–Crippen MR) is 62.3 cm³/mol. The molecule has 16 heavy (non-hydrogen) atoms. The van der Waals surface area contributed by atoms with Crippen molar-refractivity contribution in [2.45, 2.75) is 45.1 Å². The first-order chi connectivity index (χ1) is 7.69. The number of rotatable bonds is 6. The fraction of sp³-hybridized carbons (Fsp3) is 0.917. The lowest BCUT2D eigenvalue weighted by Crippen LogP contribution is -2.41. The average molecular weight is 229 g/mol. The second kappa shape index (κ2) is 6.86. The standard InChI is InChI=1S/C12H23NO3/c1-2-11(12(15)16)13-7-9-5-3-4-6-10(9)8-14/h9-11,13-14H,2-8H2,1H3,(H,15,16). The zero-order chi connectivity index (χ0) is 12.0. The number of carboxylic acids is 1. The summed E-state index contributed by atoms with van der Waals surface area (Å²) in [6, 6.07) is -0.443. The lowest BCUT2D eigenvalue weighted by molar-refractivity contribution is -0.139. The lowest BCUT2D eigenvalue weighted by atomic mass is 9.79. The predicted octanol–water partition coefficient (Wildman–Crippen LogP) is 1.24. The minimum atomic E-state index is -0.779. The van der Waals surface area contributed by atoms with Gasteiger partial charge in [-0.2, -0.15) is 0 Å². The van der Waals surface area contributed by atoms with E-state index in [0.29, 0.717) is 18.3 Å². The molecule has 0 saturated heterocycles. The van der Waals surface area contributed by atoms with Gasteiger partial charge in [0, 0.05) is 6.61 Å². The highest BCUT2D eigenvalue weighted by molar-refractivity contribution is 5.73. The molecule has 4 nitrogen and oxygen atoms in total. The number of carboxylic acid groups (broad SMARTS) is 1. The maximum absolute atomic E-state index is 10.8. The fourth-order valence-corrected chi connectivity index (χ4v) is 2.49. The van der Waals surface area contributed by atoms with E-state index in [1.807, 2.05) is 6.92 Å². The van der Waals surface area contributed by atoms with Gasteiger partial charge in [0.1, 0.15) is 6.04 Å². The number of nitrogens with one attached hydrogen (secondary N) is 1. The Morgan fingerprint density at radius 1 is 1.38 bits per heavy atom. The number of hydrogen-bond acceptors (Lipinski definition) is 3. The van der Waals surface area contributed by atoms with E-state index >= 15 is 0 Å². The molecule has 1 fully saturated rings. The average Bonchev–Trinajstić information content (AvgIpc) is 2.30. The normalized spacial score (nSPS) is 27.6. The van der Waals surface area contributed by atoms with Crippen LogP contribution in [-0.2, 0) is 4.79 Å². The van der Waals surface area contributed by atoms with Crippen molar-refractivity contribution in [2.75, 3.05) is 13.2 Å². The molecule has 3 atom stereocenters. The Morgan fingerprint density at radius 2 is 2.00 bits per heavy atom. The highest BCUT2D eigenvalue weighted by Gasteiger charge is 2.25. The summed E-state index contributed by atoms with van der Waals surface area (Å²) in [4.78, 5) is 10.8. The third-order valence-corrected chi connectivity index (χ3v) is 3.63. The van der Waals surface area contributed by atoms with Crippen LogP contribution in [0.5, 0.6) is 0 Å². The van der Waals surface area contributed by atoms with Gasteiger partial charge < -0.3 is 15.5 Å². The summed E-state index contributed by atoms with van der Waals surface area (Å²) in [5.74, 6) is 0.0126. The minimum Gasteiger partial charge on any atom is -0.480 e. The first-order valence-corrected chi connectivity index (χ1v) is 6.26. The molecule has 0 aromatic heterocycles.